The van der Waals surface area contributed by atoms with Crippen LogP contribution in [0.15, 0.2) is 43.4 Å². The minimum absolute atomic E-state index is 0.101. The highest BCUT2D eigenvalue weighted by atomic mass is 16.1. The fourth-order valence-corrected chi connectivity index (χ4v) is 4.01. The summed E-state index contributed by atoms with van der Waals surface area (Å²) >= 11 is 0. The van der Waals surface area contributed by atoms with Crippen molar-refractivity contribution in [3.63, 3.8) is 0 Å². The van der Waals surface area contributed by atoms with Crippen molar-refractivity contribution in [2.24, 2.45) is 0 Å². The monoisotopic (exact) mass is 434 g/mol. The van der Waals surface area contributed by atoms with Crippen molar-refractivity contribution in [1.82, 2.24) is 35.0 Å². The van der Waals surface area contributed by atoms with E-state index in [0.29, 0.717) is 13.0 Å². The topological polar surface area (TPSA) is 102 Å². The highest BCUT2D eigenvalue weighted by molar-refractivity contribution is 5.76. The Balaban J connectivity index is 1.31. The zero-order valence-corrected chi connectivity index (χ0v) is 18.7. The standard InChI is InChI=1S/C23H30N8O/c1-17(2)22-20(18-5-9-24-10-6-18)14-26-23(29-22)30-12-7-19(8-13-30)28-21(32)4-3-11-31-16-25-15-27-31/h5-6,9-10,14-17,19H,3-4,7-8,11-13H2,1-2H3,(H,28,32). The molecule has 1 amide bonds. The first kappa shape index (κ1) is 21.9. The maximum absolute atomic E-state index is 12.3. The summed E-state index contributed by atoms with van der Waals surface area (Å²) < 4.78 is 1.75. The van der Waals surface area contributed by atoms with Gasteiger partial charge in [0.15, 0.2) is 0 Å². The van der Waals surface area contributed by atoms with Crippen LogP contribution < -0.4 is 10.2 Å². The van der Waals surface area contributed by atoms with E-state index in [0.717, 1.165) is 55.1 Å². The summed E-state index contributed by atoms with van der Waals surface area (Å²) in [4.78, 5) is 32.1. The van der Waals surface area contributed by atoms with Crippen molar-refractivity contribution in [3.8, 4) is 11.1 Å². The Morgan fingerprint density at radius 2 is 1.97 bits per heavy atom. The Labute approximate surface area is 188 Å². The molecule has 0 spiro atoms. The van der Waals surface area contributed by atoms with Crippen LogP contribution in [-0.4, -0.2) is 54.8 Å². The van der Waals surface area contributed by atoms with Crippen molar-refractivity contribution in [1.29, 1.82) is 0 Å². The zero-order valence-electron chi connectivity index (χ0n) is 18.7. The maximum Gasteiger partial charge on any atom is 0.225 e. The molecule has 0 atom stereocenters. The smallest absolute Gasteiger partial charge is 0.225 e. The Hall–Kier alpha value is -3.36. The first-order valence-electron chi connectivity index (χ1n) is 11.2. The third-order valence-corrected chi connectivity index (χ3v) is 5.74. The van der Waals surface area contributed by atoms with Gasteiger partial charge in [-0.15, -0.1) is 0 Å². The molecule has 3 aromatic heterocycles. The van der Waals surface area contributed by atoms with Crippen LogP contribution in [0.5, 0.6) is 0 Å². The van der Waals surface area contributed by atoms with Crippen molar-refractivity contribution in [2.75, 3.05) is 18.0 Å². The van der Waals surface area contributed by atoms with Crippen LogP contribution in [0.1, 0.15) is 51.1 Å². The van der Waals surface area contributed by atoms with Gasteiger partial charge in [0.25, 0.3) is 0 Å². The van der Waals surface area contributed by atoms with Crippen LogP contribution in [0.3, 0.4) is 0 Å². The molecule has 1 fully saturated rings. The lowest BCUT2D eigenvalue weighted by Gasteiger charge is -2.33. The van der Waals surface area contributed by atoms with E-state index in [1.54, 1.807) is 23.4 Å². The number of pyridine rings is 1. The fourth-order valence-electron chi connectivity index (χ4n) is 4.01. The van der Waals surface area contributed by atoms with E-state index in [1.807, 2.05) is 18.3 Å². The van der Waals surface area contributed by atoms with Crippen molar-refractivity contribution < 1.29 is 4.79 Å². The van der Waals surface area contributed by atoms with Gasteiger partial charge in [-0.2, -0.15) is 5.10 Å². The van der Waals surface area contributed by atoms with Crippen LogP contribution in [0.4, 0.5) is 5.95 Å². The number of anilines is 1. The molecule has 0 saturated carbocycles. The molecule has 168 valence electrons. The molecule has 3 aromatic rings. The third kappa shape index (κ3) is 5.46. The van der Waals surface area contributed by atoms with Gasteiger partial charge in [0.1, 0.15) is 12.7 Å². The van der Waals surface area contributed by atoms with Gasteiger partial charge < -0.3 is 10.2 Å². The summed E-state index contributed by atoms with van der Waals surface area (Å²) in [5.41, 5.74) is 3.18. The van der Waals surface area contributed by atoms with Crippen LogP contribution in [-0.2, 0) is 11.3 Å². The highest BCUT2D eigenvalue weighted by Gasteiger charge is 2.23. The molecule has 0 aromatic carbocycles. The molecule has 0 unspecified atom stereocenters. The molecule has 4 heterocycles. The Bertz CT molecular complexity index is 998. The SMILES string of the molecule is CC(C)c1nc(N2CCC(NC(=O)CCCn3cncn3)CC2)ncc1-c1ccncc1. The lowest BCUT2D eigenvalue weighted by Crippen LogP contribution is -2.45. The van der Waals surface area contributed by atoms with Gasteiger partial charge in [0, 0.05) is 56.3 Å². The number of hydrogen-bond acceptors (Lipinski definition) is 7. The van der Waals surface area contributed by atoms with Crippen LogP contribution in [0, 0.1) is 0 Å². The summed E-state index contributed by atoms with van der Waals surface area (Å²) in [6, 6.07) is 4.18. The average Bonchev–Trinajstić information content (AvgIpc) is 3.33. The van der Waals surface area contributed by atoms with Crippen molar-refractivity contribution in [2.45, 2.75) is 58.0 Å². The van der Waals surface area contributed by atoms with Gasteiger partial charge in [0.05, 0.1) is 5.69 Å². The number of nitrogens with zero attached hydrogens (tertiary/aromatic N) is 7. The summed E-state index contributed by atoms with van der Waals surface area (Å²) in [6.07, 6.45) is 11.7. The summed E-state index contributed by atoms with van der Waals surface area (Å²) in [5.74, 6) is 1.15. The molecule has 9 nitrogen and oxygen atoms in total. The van der Waals surface area contributed by atoms with E-state index in [1.165, 1.54) is 6.33 Å². The molecule has 1 saturated heterocycles. The first-order chi connectivity index (χ1) is 15.6. The predicted octanol–water partition coefficient (Wildman–Crippen LogP) is 2.82. The number of nitrogens with one attached hydrogen (secondary N) is 1. The molecular weight excluding hydrogens is 404 g/mol. The molecule has 9 heteroatoms. The lowest BCUT2D eigenvalue weighted by molar-refractivity contribution is -0.122. The van der Waals surface area contributed by atoms with Gasteiger partial charge in [-0.3, -0.25) is 14.5 Å². The normalized spacial score (nSPS) is 14.7. The van der Waals surface area contributed by atoms with E-state index < -0.39 is 0 Å². The van der Waals surface area contributed by atoms with Gasteiger partial charge in [-0.1, -0.05) is 13.8 Å². The predicted molar refractivity (Wildman–Crippen MR) is 122 cm³/mol. The molecule has 1 N–H and O–H groups in total. The second-order valence-electron chi connectivity index (χ2n) is 8.45. The number of carbonyl (C=O) groups excluding carboxylic acids is 1. The summed E-state index contributed by atoms with van der Waals surface area (Å²) in [7, 11) is 0. The second kappa shape index (κ2) is 10.3. The number of piperidine rings is 1. The minimum atomic E-state index is 0.101. The lowest BCUT2D eigenvalue weighted by atomic mass is 10.00. The molecule has 32 heavy (non-hydrogen) atoms. The van der Waals surface area contributed by atoms with E-state index >= 15 is 0 Å². The number of aryl methyl sites for hydroxylation is 1. The van der Waals surface area contributed by atoms with Crippen molar-refractivity contribution in [3.05, 3.63) is 49.1 Å². The summed E-state index contributed by atoms with van der Waals surface area (Å²) in [6.45, 7) is 6.67. The molecule has 0 aliphatic carbocycles. The summed E-state index contributed by atoms with van der Waals surface area (Å²) in [5, 5.41) is 7.23. The van der Waals surface area contributed by atoms with Gasteiger partial charge in [-0.05, 0) is 42.9 Å². The second-order valence-corrected chi connectivity index (χ2v) is 8.45. The molecule has 1 aliphatic heterocycles. The number of hydrogen-bond donors (Lipinski definition) is 1. The van der Waals surface area contributed by atoms with Crippen LogP contribution in [0.2, 0.25) is 0 Å². The Morgan fingerprint density at radius 3 is 2.66 bits per heavy atom. The quantitative estimate of drug-likeness (QED) is 0.582. The Morgan fingerprint density at radius 1 is 1.19 bits per heavy atom. The molecule has 1 aliphatic rings. The average molecular weight is 435 g/mol. The minimum Gasteiger partial charge on any atom is -0.353 e. The van der Waals surface area contributed by atoms with Gasteiger partial charge >= 0.3 is 0 Å². The van der Waals surface area contributed by atoms with Crippen molar-refractivity contribution >= 4 is 11.9 Å². The Kier molecular flexibility index (Phi) is 7.03. The number of aromatic nitrogens is 6. The number of rotatable bonds is 8. The molecule has 0 bridgehead atoms. The van der Waals surface area contributed by atoms with Gasteiger partial charge in [0.2, 0.25) is 11.9 Å². The first-order valence-corrected chi connectivity index (χ1v) is 11.2. The molecule has 0 radical (unpaired) electrons. The maximum atomic E-state index is 12.3. The van der Waals surface area contributed by atoms with E-state index in [4.69, 9.17) is 4.98 Å². The highest BCUT2D eigenvalue weighted by Crippen LogP contribution is 2.29. The van der Waals surface area contributed by atoms with Gasteiger partial charge in [-0.25, -0.2) is 15.0 Å². The van der Waals surface area contributed by atoms with E-state index in [9.17, 15) is 4.79 Å². The van der Waals surface area contributed by atoms with Crippen LogP contribution in [0.25, 0.3) is 11.1 Å². The zero-order chi connectivity index (χ0) is 22.3. The number of carbonyl (C=O) groups is 1. The largest absolute Gasteiger partial charge is 0.353 e. The fraction of sp³-hybridized carbons (Fsp3) is 0.478. The van der Waals surface area contributed by atoms with E-state index in [2.05, 4.69) is 44.1 Å². The van der Waals surface area contributed by atoms with E-state index in [-0.39, 0.29) is 17.9 Å². The van der Waals surface area contributed by atoms with Crippen LogP contribution >= 0.6 is 0 Å². The number of amides is 1. The third-order valence-electron chi connectivity index (χ3n) is 5.74. The molecular formula is C23H30N8O. The molecule has 4 rings (SSSR count).